The van der Waals surface area contributed by atoms with Crippen molar-refractivity contribution in [2.24, 2.45) is 11.1 Å². The number of carbonyl (C=O) groups is 1. The molecule has 1 aliphatic rings. The van der Waals surface area contributed by atoms with E-state index in [1.807, 2.05) is 7.05 Å². The van der Waals surface area contributed by atoms with Crippen molar-refractivity contribution in [2.45, 2.75) is 17.7 Å². The van der Waals surface area contributed by atoms with Gasteiger partial charge >= 0.3 is 0 Å². The van der Waals surface area contributed by atoms with Crippen LogP contribution in [-0.2, 0) is 10.0 Å². The van der Waals surface area contributed by atoms with Gasteiger partial charge in [-0.15, -0.1) is 0 Å². The quantitative estimate of drug-likeness (QED) is 0.843. The van der Waals surface area contributed by atoms with Gasteiger partial charge in [-0.3, -0.25) is 4.79 Å². The molecule has 6 nitrogen and oxygen atoms in total. The number of nitrogens with zero attached hydrogens (tertiary/aromatic N) is 1. The molecule has 8 heteroatoms. The van der Waals surface area contributed by atoms with Gasteiger partial charge in [0.15, 0.2) is 0 Å². The van der Waals surface area contributed by atoms with Crippen LogP contribution in [0.2, 0.25) is 0 Å². The second-order valence-corrected chi connectivity index (χ2v) is 7.01. The van der Waals surface area contributed by atoms with Gasteiger partial charge in [0.05, 0.1) is 0 Å². The number of hydrogen-bond donors (Lipinski definition) is 2. The highest BCUT2D eigenvalue weighted by molar-refractivity contribution is 7.89. The van der Waals surface area contributed by atoms with Crippen LogP contribution in [-0.4, -0.2) is 45.9 Å². The van der Waals surface area contributed by atoms with Gasteiger partial charge in [0, 0.05) is 18.7 Å². The molecule has 22 heavy (non-hydrogen) atoms. The highest BCUT2D eigenvalue weighted by Crippen LogP contribution is 2.20. The second kappa shape index (κ2) is 6.72. The Morgan fingerprint density at radius 3 is 2.55 bits per heavy atom. The average molecular weight is 329 g/mol. The Balaban J connectivity index is 2.10. The van der Waals surface area contributed by atoms with Crippen molar-refractivity contribution in [3.8, 4) is 0 Å². The molecule has 0 unspecified atom stereocenters. The fourth-order valence-corrected chi connectivity index (χ4v) is 3.26. The first-order chi connectivity index (χ1) is 10.3. The summed E-state index contributed by atoms with van der Waals surface area (Å²) in [7, 11) is -2.23. The number of amides is 1. The van der Waals surface area contributed by atoms with E-state index in [0.717, 1.165) is 31.5 Å². The predicted octanol–water partition coefficient (Wildman–Crippen LogP) is 0.545. The number of rotatable bonds is 4. The lowest BCUT2D eigenvalue weighted by atomic mass is 9.96. The van der Waals surface area contributed by atoms with Crippen LogP contribution in [0, 0.1) is 11.7 Å². The highest BCUT2D eigenvalue weighted by atomic mass is 32.2. The number of carbonyl (C=O) groups excluding carboxylic acids is 1. The fourth-order valence-electron chi connectivity index (χ4n) is 2.68. The van der Waals surface area contributed by atoms with Crippen LogP contribution in [0.5, 0.6) is 0 Å². The van der Waals surface area contributed by atoms with Crippen LogP contribution < -0.4 is 10.5 Å². The third-order valence-electron chi connectivity index (χ3n) is 3.88. The number of nitrogens with two attached hydrogens (primary N) is 1. The standard InChI is InChI=1S/C14H20FN3O3S/c1-17-9-10-4-6-18(7-5-10)14(19)11-2-3-13(12(15)8-11)22(16,20)21/h2-3,8,10,17H,4-7,9H2,1H3,(H2,16,20,21). The summed E-state index contributed by atoms with van der Waals surface area (Å²) in [5.74, 6) is -0.753. The van der Waals surface area contributed by atoms with E-state index < -0.39 is 20.7 Å². The summed E-state index contributed by atoms with van der Waals surface area (Å²) in [6, 6.07) is 3.26. The Kier molecular flexibility index (Phi) is 5.15. The topological polar surface area (TPSA) is 92.5 Å². The van der Waals surface area contributed by atoms with Gasteiger partial charge < -0.3 is 10.2 Å². The first kappa shape index (κ1) is 16.9. The zero-order chi connectivity index (χ0) is 16.3. The summed E-state index contributed by atoms with van der Waals surface area (Å²) in [4.78, 5) is 13.4. The monoisotopic (exact) mass is 329 g/mol. The number of halogens is 1. The molecule has 0 atom stereocenters. The highest BCUT2D eigenvalue weighted by Gasteiger charge is 2.24. The minimum atomic E-state index is -4.12. The lowest BCUT2D eigenvalue weighted by molar-refractivity contribution is 0.0690. The molecule has 0 spiro atoms. The lowest BCUT2D eigenvalue weighted by Crippen LogP contribution is -2.40. The van der Waals surface area contributed by atoms with E-state index in [1.54, 1.807) is 4.90 Å². The number of benzene rings is 1. The summed E-state index contributed by atoms with van der Waals surface area (Å²) < 4.78 is 36.1. The Morgan fingerprint density at radius 1 is 1.41 bits per heavy atom. The first-order valence-corrected chi connectivity index (χ1v) is 8.63. The molecule has 0 radical (unpaired) electrons. The number of nitrogens with one attached hydrogen (secondary N) is 1. The number of hydrogen-bond acceptors (Lipinski definition) is 4. The minimum absolute atomic E-state index is 0.136. The molecule has 3 N–H and O–H groups in total. The molecular formula is C14H20FN3O3S. The smallest absolute Gasteiger partial charge is 0.253 e. The van der Waals surface area contributed by atoms with E-state index in [2.05, 4.69) is 5.32 Å². The van der Waals surface area contributed by atoms with E-state index in [1.165, 1.54) is 6.07 Å². The van der Waals surface area contributed by atoms with Gasteiger partial charge in [-0.2, -0.15) is 0 Å². The molecular weight excluding hydrogens is 309 g/mol. The molecule has 1 heterocycles. The van der Waals surface area contributed by atoms with Crippen LogP contribution in [0.15, 0.2) is 23.1 Å². The zero-order valence-corrected chi connectivity index (χ0v) is 13.2. The lowest BCUT2D eigenvalue weighted by Gasteiger charge is -2.32. The van der Waals surface area contributed by atoms with Crippen LogP contribution in [0.1, 0.15) is 23.2 Å². The van der Waals surface area contributed by atoms with Gasteiger partial charge in [-0.1, -0.05) is 0 Å². The number of sulfonamides is 1. The Hall–Kier alpha value is -1.51. The maximum atomic E-state index is 13.8. The summed E-state index contributed by atoms with van der Waals surface area (Å²) in [5, 5.41) is 8.02. The van der Waals surface area contributed by atoms with Crippen molar-refractivity contribution in [1.82, 2.24) is 10.2 Å². The van der Waals surface area contributed by atoms with E-state index in [-0.39, 0.29) is 11.5 Å². The van der Waals surface area contributed by atoms with Gasteiger partial charge in [0.25, 0.3) is 5.91 Å². The van der Waals surface area contributed by atoms with Gasteiger partial charge in [-0.25, -0.2) is 17.9 Å². The van der Waals surface area contributed by atoms with E-state index in [0.29, 0.717) is 19.0 Å². The van der Waals surface area contributed by atoms with E-state index in [4.69, 9.17) is 5.14 Å². The van der Waals surface area contributed by atoms with Crippen molar-refractivity contribution >= 4 is 15.9 Å². The molecule has 122 valence electrons. The molecule has 1 aromatic carbocycles. The summed E-state index contributed by atoms with van der Waals surface area (Å²) in [5.41, 5.74) is 0.136. The third-order valence-corrected chi connectivity index (χ3v) is 4.82. The summed E-state index contributed by atoms with van der Waals surface area (Å²) in [6.07, 6.45) is 1.79. The maximum Gasteiger partial charge on any atom is 0.253 e. The van der Waals surface area contributed by atoms with Crippen molar-refractivity contribution in [1.29, 1.82) is 0 Å². The average Bonchev–Trinajstić information content (AvgIpc) is 2.46. The van der Waals surface area contributed by atoms with Crippen molar-refractivity contribution < 1.29 is 17.6 Å². The molecule has 0 aliphatic carbocycles. The van der Waals surface area contributed by atoms with Gasteiger partial charge in [-0.05, 0) is 50.6 Å². The molecule has 0 saturated carbocycles. The molecule has 2 rings (SSSR count). The molecule has 0 bridgehead atoms. The normalized spacial score (nSPS) is 16.8. The SMILES string of the molecule is CNCC1CCN(C(=O)c2ccc(S(N)(=O)=O)c(F)c2)CC1. The summed E-state index contributed by atoms with van der Waals surface area (Å²) in [6.45, 7) is 2.15. The number of likely N-dealkylation sites (tertiary alicyclic amines) is 1. The van der Waals surface area contributed by atoms with Crippen LogP contribution in [0.3, 0.4) is 0 Å². The fraction of sp³-hybridized carbons (Fsp3) is 0.500. The van der Waals surface area contributed by atoms with Crippen molar-refractivity contribution in [3.63, 3.8) is 0 Å². The third kappa shape index (κ3) is 3.82. The second-order valence-electron chi connectivity index (χ2n) is 5.48. The van der Waals surface area contributed by atoms with E-state index in [9.17, 15) is 17.6 Å². The maximum absolute atomic E-state index is 13.8. The molecule has 0 aromatic heterocycles. The van der Waals surface area contributed by atoms with Crippen LogP contribution >= 0.6 is 0 Å². The van der Waals surface area contributed by atoms with E-state index >= 15 is 0 Å². The zero-order valence-electron chi connectivity index (χ0n) is 12.4. The molecule has 1 fully saturated rings. The predicted molar refractivity (Wildman–Crippen MR) is 80.3 cm³/mol. The minimum Gasteiger partial charge on any atom is -0.339 e. The molecule has 1 aliphatic heterocycles. The van der Waals surface area contributed by atoms with Crippen molar-refractivity contribution in [3.05, 3.63) is 29.6 Å². The largest absolute Gasteiger partial charge is 0.339 e. The van der Waals surface area contributed by atoms with Crippen LogP contribution in [0.4, 0.5) is 4.39 Å². The first-order valence-electron chi connectivity index (χ1n) is 7.09. The van der Waals surface area contributed by atoms with Gasteiger partial charge in [0.2, 0.25) is 10.0 Å². The summed E-state index contributed by atoms with van der Waals surface area (Å²) >= 11 is 0. The van der Waals surface area contributed by atoms with Gasteiger partial charge in [0.1, 0.15) is 10.7 Å². The Bertz CT molecular complexity index is 655. The Labute approximate surface area is 129 Å². The molecule has 1 aromatic rings. The van der Waals surface area contributed by atoms with Crippen molar-refractivity contribution in [2.75, 3.05) is 26.7 Å². The number of primary sulfonamides is 1. The Morgan fingerprint density at radius 2 is 2.05 bits per heavy atom. The molecule has 1 amide bonds. The molecule has 1 saturated heterocycles. The number of piperidine rings is 1. The van der Waals surface area contributed by atoms with Crippen LogP contribution in [0.25, 0.3) is 0 Å².